The molecule has 1 unspecified atom stereocenters. The first-order valence-corrected chi connectivity index (χ1v) is 24.1. The minimum atomic E-state index is -4.88. The summed E-state index contributed by atoms with van der Waals surface area (Å²) in [5.41, 5.74) is 1.79. The molecule has 3 aromatic carbocycles. The number of ether oxygens (including phenoxy) is 2. The molecule has 320 valence electrons. The Kier molecular flexibility index (Phi) is 17.9. The molecule has 3 heterocycles. The SMILES string of the molecule is C[S@@](=O)CC[C@](CO)(C(=O)O[C@H]1C[N+]2(Cc3cc(C(O)CNCCCCCCOCCCCc4ccccc4)ccc3OP(=O)(O)O)CCC1CC2)c1ccccc1. The molecule has 3 aliphatic heterocycles. The smallest absolute Gasteiger partial charge is 0.455 e. The van der Waals surface area contributed by atoms with Crippen molar-refractivity contribution in [3.63, 3.8) is 0 Å². The van der Waals surface area contributed by atoms with Gasteiger partial charge in [-0.15, -0.1) is 0 Å². The summed E-state index contributed by atoms with van der Waals surface area (Å²) in [5.74, 6) is -0.125. The average molecular weight is 844 g/mol. The van der Waals surface area contributed by atoms with Crippen LogP contribution < -0.4 is 9.84 Å². The first kappa shape index (κ1) is 46.1. The number of carbonyl (C=O) groups is 1. The van der Waals surface area contributed by atoms with E-state index < -0.39 is 48.8 Å². The van der Waals surface area contributed by atoms with Crippen molar-refractivity contribution in [2.45, 2.75) is 88.4 Å². The molecular weight excluding hydrogens is 780 g/mol. The molecule has 2 bridgehead atoms. The monoisotopic (exact) mass is 843 g/mol. The fourth-order valence-electron chi connectivity index (χ4n) is 8.45. The molecule has 3 aromatic rings. The Labute approximate surface area is 346 Å². The number of benzene rings is 3. The second kappa shape index (κ2) is 22.6. The Balaban J connectivity index is 1.12. The number of aliphatic hydroxyl groups excluding tert-OH is 2. The predicted octanol–water partition coefficient (Wildman–Crippen LogP) is 5.73. The van der Waals surface area contributed by atoms with Crippen molar-refractivity contribution < 1.29 is 52.0 Å². The average Bonchev–Trinajstić information content (AvgIpc) is 3.21. The first-order chi connectivity index (χ1) is 27.9. The van der Waals surface area contributed by atoms with Gasteiger partial charge < -0.3 is 34.0 Å². The number of hydrogen-bond donors (Lipinski definition) is 5. The van der Waals surface area contributed by atoms with Crippen LogP contribution in [0.5, 0.6) is 5.75 Å². The van der Waals surface area contributed by atoms with Crippen LogP contribution in [0.4, 0.5) is 0 Å². The van der Waals surface area contributed by atoms with E-state index in [-0.39, 0.29) is 23.8 Å². The number of phosphoric acid groups is 1. The lowest BCUT2D eigenvalue weighted by molar-refractivity contribution is -0.958. The molecule has 3 fully saturated rings. The molecule has 12 nitrogen and oxygen atoms in total. The molecule has 3 saturated heterocycles. The zero-order valence-corrected chi connectivity index (χ0v) is 35.6. The molecular formula is C44H64N2O10PS+. The van der Waals surface area contributed by atoms with Crippen LogP contribution >= 0.6 is 7.82 Å². The maximum absolute atomic E-state index is 14.1. The van der Waals surface area contributed by atoms with Crippen molar-refractivity contribution in [2.24, 2.45) is 5.92 Å². The molecule has 0 spiro atoms. The summed E-state index contributed by atoms with van der Waals surface area (Å²) in [6.07, 6.45) is 9.45. The largest absolute Gasteiger partial charge is 0.524 e. The van der Waals surface area contributed by atoms with E-state index in [0.717, 1.165) is 90.6 Å². The number of hydrogen-bond acceptors (Lipinski definition) is 9. The second-order valence-electron chi connectivity index (χ2n) is 16.2. The topological polar surface area (TPSA) is 172 Å². The van der Waals surface area contributed by atoms with Crippen LogP contribution in [-0.4, -0.2) is 105 Å². The van der Waals surface area contributed by atoms with Crippen LogP contribution in [-0.2, 0) is 48.0 Å². The summed E-state index contributed by atoms with van der Waals surface area (Å²) in [6, 6.07) is 24.5. The van der Waals surface area contributed by atoms with Crippen molar-refractivity contribution in [1.29, 1.82) is 0 Å². The molecule has 14 heteroatoms. The van der Waals surface area contributed by atoms with E-state index in [1.807, 2.05) is 12.1 Å². The fourth-order valence-corrected chi connectivity index (χ4v) is 9.52. The summed E-state index contributed by atoms with van der Waals surface area (Å²) in [7, 11) is -6.06. The molecule has 0 amide bonds. The molecule has 6 rings (SSSR count). The van der Waals surface area contributed by atoms with E-state index in [1.54, 1.807) is 42.7 Å². The summed E-state index contributed by atoms with van der Waals surface area (Å²) in [5, 5.41) is 25.2. The summed E-state index contributed by atoms with van der Waals surface area (Å²) in [6.45, 7) is 4.57. The van der Waals surface area contributed by atoms with E-state index in [4.69, 9.17) is 14.0 Å². The van der Waals surface area contributed by atoms with Gasteiger partial charge in [0.25, 0.3) is 0 Å². The predicted molar refractivity (Wildman–Crippen MR) is 226 cm³/mol. The quantitative estimate of drug-likeness (QED) is 0.0289. The number of rotatable bonds is 26. The molecule has 5 N–H and O–H groups in total. The van der Waals surface area contributed by atoms with Crippen molar-refractivity contribution in [3.05, 3.63) is 101 Å². The highest BCUT2D eigenvalue weighted by Crippen LogP contribution is 2.43. The summed E-state index contributed by atoms with van der Waals surface area (Å²) < 4.78 is 41.9. The number of carbonyl (C=O) groups excluding carboxylic acids is 1. The zero-order chi connectivity index (χ0) is 41.4. The van der Waals surface area contributed by atoms with Crippen LogP contribution in [0.3, 0.4) is 0 Å². The lowest BCUT2D eigenvalue weighted by atomic mass is 9.78. The number of aryl methyl sites for hydroxylation is 1. The van der Waals surface area contributed by atoms with Gasteiger partial charge in [0.1, 0.15) is 24.3 Å². The number of nitrogens with zero attached hydrogens (tertiary/aromatic N) is 1. The van der Waals surface area contributed by atoms with Gasteiger partial charge in [-0.25, -0.2) is 4.57 Å². The van der Waals surface area contributed by atoms with Crippen LogP contribution in [0, 0.1) is 5.92 Å². The van der Waals surface area contributed by atoms with Gasteiger partial charge in [-0.3, -0.25) is 18.8 Å². The standard InChI is InChI=1S/C44H63N2O10PS/c1-58(53)29-23-44(34-47,39-17-8-5-9-18-39)43(49)55-42-33-46(25-21-36(42)22-26-46)32-38-30-37(19-20-41(38)56-57(50,51)52)40(48)31-45-24-11-2-3-12-27-54-28-13-10-16-35-14-6-4-7-15-35/h4-9,14-15,17-20,30,36,40,42,45,47-48H,2-3,10-13,16,21-29,31-34H2,1H3,(H-,50,51,52)/p+1/t36?,40?,42-,44+,46?,58+/m0/s1. The maximum atomic E-state index is 14.1. The number of esters is 1. The van der Waals surface area contributed by atoms with Crippen molar-refractivity contribution in [1.82, 2.24) is 5.32 Å². The van der Waals surface area contributed by atoms with Gasteiger partial charge in [0, 0.05) is 66.9 Å². The fraction of sp³-hybridized carbons (Fsp3) is 0.568. The molecule has 0 radical (unpaired) electrons. The Bertz CT molecular complexity index is 1770. The molecule has 4 atom stereocenters. The Hall–Kier alpha value is -2.97. The van der Waals surface area contributed by atoms with Gasteiger partial charge in [0.15, 0.2) is 6.10 Å². The third-order valence-corrected chi connectivity index (χ3v) is 13.1. The van der Waals surface area contributed by atoms with E-state index in [2.05, 4.69) is 29.6 Å². The zero-order valence-electron chi connectivity index (χ0n) is 33.9. The number of phosphoric ester groups is 1. The summed E-state index contributed by atoms with van der Waals surface area (Å²) >= 11 is 0. The van der Waals surface area contributed by atoms with E-state index >= 15 is 0 Å². The summed E-state index contributed by atoms with van der Waals surface area (Å²) in [4.78, 5) is 33.6. The van der Waals surface area contributed by atoms with Gasteiger partial charge >= 0.3 is 13.8 Å². The molecule has 0 aromatic heterocycles. The van der Waals surface area contributed by atoms with Crippen molar-refractivity contribution in [3.8, 4) is 5.75 Å². The minimum absolute atomic E-state index is 0.0538. The van der Waals surface area contributed by atoms with E-state index in [1.165, 1.54) is 11.6 Å². The third-order valence-electron chi connectivity index (χ3n) is 11.9. The Morgan fingerprint density at radius 1 is 0.948 bits per heavy atom. The maximum Gasteiger partial charge on any atom is 0.524 e. The Morgan fingerprint density at radius 2 is 1.62 bits per heavy atom. The van der Waals surface area contributed by atoms with Crippen molar-refractivity contribution in [2.75, 3.05) is 64.6 Å². The van der Waals surface area contributed by atoms with Gasteiger partial charge in [0.2, 0.25) is 0 Å². The Morgan fingerprint density at radius 3 is 2.29 bits per heavy atom. The highest BCUT2D eigenvalue weighted by molar-refractivity contribution is 7.84. The van der Waals surface area contributed by atoms with Crippen LogP contribution in [0.1, 0.15) is 86.1 Å². The van der Waals surface area contributed by atoms with Crippen LogP contribution in [0.25, 0.3) is 0 Å². The van der Waals surface area contributed by atoms with Crippen molar-refractivity contribution >= 4 is 24.6 Å². The number of nitrogens with one attached hydrogen (secondary N) is 1. The lowest BCUT2D eigenvalue weighted by Gasteiger charge is -2.52. The lowest BCUT2D eigenvalue weighted by Crippen LogP contribution is -2.64. The van der Waals surface area contributed by atoms with E-state index in [0.29, 0.717) is 40.8 Å². The third kappa shape index (κ3) is 13.8. The van der Waals surface area contributed by atoms with Crippen LogP contribution in [0.15, 0.2) is 78.9 Å². The number of quaternary nitrogens is 1. The normalized spacial score (nSPS) is 21.3. The van der Waals surface area contributed by atoms with Crippen LogP contribution in [0.2, 0.25) is 0 Å². The molecule has 0 saturated carbocycles. The highest BCUT2D eigenvalue weighted by Gasteiger charge is 2.50. The highest BCUT2D eigenvalue weighted by atomic mass is 32.2. The molecule has 58 heavy (non-hydrogen) atoms. The second-order valence-corrected chi connectivity index (χ2v) is 18.9. The van der Waals surface area contributed by atoms with E-state index in [9.17, 15) is 33.6 Å². The minimum Gasteiger partial charge on any atom is -0.455 e. The van der Waals surface area contributed by atoms with Gasteiger partial charge in [-0.2, -0.15) is 0 Å². The number of piperidine rings is 3. The number of aliphatic hydroxyl groups is 2. The van der Waals surface area contributed by atoms with Gasteiger partial charge in [0.05, 0.1) is 25.8 Å². The number of fused-ring (bicyclic) bond motifs is 3. The first-order valence-electron chi connectivity index (χ1n) is 20.8. The number of unbranched alkanes of at least 4 members (excludes halogenated alkanes) is 4. The molecule has 3 aliphatic rings. The molecule has 0 aliphatic carbocycles. The van der Waals surface area contributed by atoms with Gasteiger partial charge in [-0.05, 0) is 73.9 Å². The van der Waals surface area contributed by atoms with Gasteiger partial charge in [-0.1, -0.05) is 79.6 Å².